The molecule has 1 aliphatic heterocycles. The van der Waals surface area contributed by atoms with Crippen molar-refractivity contribution in [3.05, 3.63) is 98.6 Å². The summed E-state index contributed by atoms with van der Waals surface area (Å²) in [6.45, 7) is 6.71. The van der Waals surface area contributed by atoms with Gasteiger partial charge in [-0.15, -0.1) is 0 Å². The largest absolute Gasteiger partial charge is 2.00 e. The Kier molecular flexibility index (Phi) is 21.5. The molecule has 4 nitrogen and oxygen atoms in total. The molecule has 0 bridgehead atoms. The SMILES string of the molecule is CCCCCCc1ccc(C2=C(CCCC)C=C(c3cccc(CCCC)c3)[N+]2=[N-])cc1.C[N-]C.C[N-]C.[Ni+2]. The average molecular weight is 576 g/mol. The van der Waals surface area contributed by atoms with Crippen molar-refractivity contribution in [2.75, 3.05) is 28.2 Å². The maximum absolute atomic E-state index is 11.3. The van der Waals surface area contributed by atoms with Gasteiger partial charge in [-0.3, -0.25) is 0 Å². The molecule has 0 N–H and O–H groups in total. The molecule has 0 aliphatic carbocycles. The van der Waals surface area contributed by atoms with Crippen LogP contribution in [0.5, 0.6) is 0 Å². The number of hydrogen-bond acceptors (Lipinski definition) is 0. The summed E-state index contributed by atoms with van der Waals surface area (Å²) < 4.78 is 1.43. The van der Waals surface area contributed by atoms with Gasteiger partial charge in [0.25, 0.3) is 0 Å². The fraction of sp³-hybridized carbons (Fsp3) is 0.529. The monoisotopic (exact) mass is 574 g/mol. The van der Waals surface area contributed by atoms with Crippen LogP contribution in [-0.2, 0) is 29.3 Å². The van der Waals surface area contributed by atoms with Crippen LogP contribution in [0.3, 0.4) is 0 Å². The van der Waals surface area contributed by atoms with Gasteiger partial charge in [0.05, 0.1) is 0 Å². The van der Waals surface area contributed by atoms with E-state index in [1.807, 2.05) is 0 Å². The van der Waals surface area contributed by atoms with Crippen LogP contribution in [0, 0.1) is 0 Å². The number of benzene rings is 2. The Morgan fingerprint density at radius 1 is 0.641 bits per heavy atom. The molecule has 5 heteroatoms. The summed E-state index contributed by atoms with van der Waals surface area (Å²) in [7, 11) is 7.00. The molecule has 1 heterocycles. The summed E-state index contributed by atoms with van der Waals surface area (Å²) in [5, 5.41) is 7.00. The van der Waals surface area contributed by atoms with E-state index < -0.39 is 0 Å². The summed E-state index contributed by atoms with van der Waals surface area (Å²) in [6.07, 6.45) is 15.2. The van der Waals surface area contributed by atoms with Crippen molar-refractivity contribution < 1.29 is 21.2 Å². The standard InChI is InChI=1S/C30H40N2.2C2H6N.Ni/c1-4-7-10-11-14-24-18-20-26(21-19-24)30-28(16-9-6-3)23-29(32(30)31)27-17-12-15-25(22-27)13-8-5-2;2*1-3-2;/h12,15,17-23H,4-11,13-14,16H2,1-3H3;2*1-2H3;/q;2*-1;+2. The van der Waals surface area contributed by atoms with Crippen molar-refractivity contribution in [1.82, 2.24) is 0 Å². The van der Waals surface area contributed by atoms with Gasteiger partial charge in [-0.25, -0.2) is 4.70 Å². The van der Waals surface area contributed by atoms with Crippen LogP contribution in [0.4, 0.5) is 0 Å². The quantitative estimate of drug-likeness (QED) is 0.130. The fourth-order valence-corrected chi connectivity index (χ4v) is 4.47. The molecular formula is C34H52N4Ni. The van der Waals surface area contributed by atoms with Gasteiger partial charge < -0.3 is 16.2 Å². The zero-order chi connectivity index (χ0) is 28.2. The molecule has 0 radical (unpaired) electrons. The summed E-state index contributed by atoms with van der Waals surface area (Å²) in [4.78, 5) is 0. The third kappa shape index (κ3) is 13.2. The first-order valence-corrected chi connectivity index (χ1v) is 14.6. The van der Waals surface area contributed by atoms with Crippen molar-refractivity contribution in [2.45, 2.75) is 91.4 Å². The Labute approximate surface area is 250 Å². The van der Waals surface area contributed by atoms with Gasteiger partial charge in [-0.2, -0.15) is 28.2 Å². The molecule has 0 amide bonds. The molecule has 3 rings (SSSR count). The summed E-state index contributed by atoms with van der Waals surface area (Å²) >= 11 is 0. The molecule has 218 valence electrons. The van der Waals surface area contributed by atoms with Gasteiger partial charge in [-0.05, 0) is 73.9 Å². The zero-order valence-corrected chi connectivity index (χ0v) is 26.6. The molecule has 0 saturated heterocycles. The van der Waals surface area contributed by atoms with Crippen molar-refractivity contribution in [2.24, 2.45) is 0 Å². The Morgan fingerprint density at radius 3 is 1.79 bits per heavy atom. The number of rotatable bonds is 13. The van der Waals surface area contributed by atoms with Gasteiger partial charge in [0.2, 0.25) is 11.4 Å². The minimum Gasteiger partial charge on any atom is -0.668 e. The van der Waals surface area contributed by atoms with Crippen molar-refractivity contribution >= 4 is 11.4 Å². The van der Waals surface area contributed by atoms with E-state index in [2.05, 4.69) is 86.0 Å². The van der Waals surface area contributed by atoms with Crippen LogP contribution in [0.15, 0.2) is 60.2 Å². The molecule has 0 unspecified atom stereocenters. The van der Waals surface area contributed by atoms with Crippen LogP contribution >= 0.6 is 0 Å². The molecule has 0 atom stereocenters. The van der Waals surface area contributed by atoms with Crippen LogP contribution in [0.1, 0.15) is 101 Å². The molecule has 1 aliphatic rings. The predicted octanol–water partition coefficient (Wildman–Crippen LogP) is 10.4. The molecule has 0 aromatic heterocycles. The van der Waals surface area contributed by atoms with E-state index in [1.165, 1.54) is 59.9 Å². The van der Waals surface area contributed by atoms with Crippen molar-refractivity contribution in [3.8, 4) is 0 Å². The first kappa shape index (κ1) is 36.9. The summed E-state index contributed by atoms with van der Waals surface area (Å²) in [6, 6.07) is 17.5. The third-order valence-electron chi connectivity index (χ3n) is 6.44. The maximum atomic E-state index is 11.3. The molecule has 39 heavy (non-hydrogen) atoms. The minimum absolute atomic E-state index is 0. The van der Waals surface area contributed by atoms with E-state index in [1.54, 1.807) is 28.2 Å². The van der Waals surface area contributed by atoms with E-state index in [0.29, 0.717) is 0 Å². The Balaban J connectivity index is 0.00000189. The first-order valence-electron chi connectivity index (χ1n) is 14.6. The number of unbranched alkanes of at least 4 members (excludes halogenated alkanes) is 5. The Hall–Kier alpha value is -2.07. The summed E-state index contributed by atoms with van der Waals surface area (Å²) in [5.41, 5.74) is 19.3. The second-order valence-corrected chi connectivity index (χ2v) is 10.0. The van der Waals surface area contributed by atoms with Crippen LogP contribution in [0.2, 0.25) is 0 Å². The van der Waals surface area contributed by atoms with Gasteiger partial charge in [0, 0.05) is 22.8 Å². The van der Waals surface area contributed by atoms with Gasteiger partial charge in [0.1, 0.15) is 0 Å². The Morgan fingerprint density at radius 2 is 1.21 bits per heavy atom. The maximum Gasteiger partial charge on any atom is 2.00 e. The van der Waals surface area contributed by atoms with Crippen LogP contribution in [-0.4, -0.2) is 32.9 Å². The molecule has 0 saturated carbocycles. The van der Waals surface area contributed by atoms with E-state index in [-0.39, 0.29) is 16.5 Å². The van der Waals surface area contributed by atoms with E-state index in [4.69, 9.17) is 0 Å². The predicted molar refractivity (Wildman–Crippen MR) is 168 cm³/mol. The first-order chi connectivity index (χ1) is 18.5. The van der Waals surface area contributed by atoms with Crippen molar-refractivity contribution in [3.63, 3.8) is 0 Å². The zero-order valence-electron chi connectivity index (χ0n) is 25.6. The molecular weight excluding hydrogens is 523 g/mol. The third-order valence-corrected chi connectivity index (χ3v) is 6.44. The van der Waals surface area contributed by atoms with Gasteiger partial charge >= 0.3 is 16.5 Å². The van der Waals surface area contributed by atoms with Crippen LogP contribution < -0.4 is 0 Å². The van der Waals surface area contributed by atoms with E-state index in [9.17, 15) is 5.53 Å². The normalized spacial score (nSPS) is 12.2. The van der Waals surface area contributed by atoms with Gasteiger partial charge in [-0.1, -0.05) is 77.1 Å². The number of aryl methyl sites for hydroxylation is 2. The number of hydrogen-bond donors (Lipinski definition) is 0. The second kappa shape index (κ2) is 22.7. The minimum atomic E-state index is 0. The number of nitrogens with zero attached hydrogens (tertiary/aromatic N) is 4. The fourth-order valence-electron chi connectivity index (χ4n) is 4.47. The average Bonchev–Trinajstić information content (AvgIpc) is 3.26. The van der Waals surface area contributed by atoms with Crippen molar-refractivity contribution in [1.29, 1.82) is 0 Å². The van der Waals surface area contributed by atoms with Gasteiger partial charge in [0.15, 0.2) is 0 Å². The molecule has 0 spiro atoms. The van der Waals surface area contributed by atoms with E-state index in [0.717, 1.165) is 54.6 Å². The number of allylic oxidation sites excluding steroid dienone is 2. The molecule has 2 aromatic carbocycles. The second-order valence-electron chi connectivity index (χ2n) is 10.0. The molecule has 2 aromatic rings. The van der Waals surface area contributed by atoms with Crippen LogP contribution in [0.25, 0.3) is 27.6 Å². The van der Waals surface area contributed by atoms with E-state index >= 15 is 0 Å². The summed E-state index contributed by atoms with van der Waals surface area (Å²) in [5.74, 6) is 0. The topological polar surface area (TPSA) is 53.5 Å². The smallest absolute Gasteiger partial charge is 0.668 e. The Bertz CT molecular complexity index is 991. The molecule has 0 fully saturated rings.